The van der Waals surface area contributed by atoms with E-state index in [9.17, 15) is 4.79 Å². The van der Waals surface area contributed by atoms with E-state index in [0.717, 1.165) is 24.2 Å². The average Bonchev–Trinajstić information content (AvgIpc) is 2.33. The van der Waals surface area contributed by atoms with Gasteiger partial charge >= 0.3 is 0 Å². The Morgan fingerprint density at radius 1 is 1.24 bits per heavy atom. The molecule has 0 bridgehead atoms. The van der Waals surface area contributed by atoms with Gasteiger partial charge in [-0.3, -0.25) is 4.79 Å². The summed E-state index contributed by atoms with van der Waals surface area (Å²) in [6, 6.07) is 8.23. The van der Waals surface area contributed by atoms with Gasteiger partial charge in [0.15, 0.2) is 5.78 Å². The van der Waals surface area contributed by atoms with Gasteiger partial charge in [-0.1, -0.05) is 29.8 Å². The molecule has 0 atom stereocenters. The molecule has 2 nitrogen and oxygen atoms in total. The van der Waals surface area contributed by atoms with E-state index >= 15 is 0 Å². The fourth-order valence-corrected chi connectivity index (χ4v) is 2.29. The molecule has 0 fully saturated rings. The molecule has 1 aromatic carbocycles. The quantitative estimate of drug-likeness (QED) is 0.846. The third-order valence-corrected chi connectivity index (χ3v) is 3.72. The zero-order valence-corrected chi connectivity index (χ0v) is 11.4. The van der Waals surface area contributed by atoms with Crippen molar-refractivity contribution in [2.45, 2.75) is 32.8 Å². The van der Waals surface area contributed by atoms with Crippen LogP contribution in [0.5, 0.6) is 0 Å². The fraction of sp³-hybridized carbons (Fsp3) is 0.357. The Bertz CT molecular complexity index is 446. The van der Waals surface area contributed by atoms with Crippen LogP contribution < -0.4 is 0 Å². The lowest BCUT2D eigenvalue weighted by atomic mass is 10.1. The third kappa shape index (κ3) is 3.19. The molecule has 0 saturated carbocycles. The maximum absolute atomic E-state index is 11.5. The van der Waals surface area contributed by atoms with Crippen molar-refractivity contribution < 1.29 is 9.53 Å². The summed E-state index contributed by atoms with van der Waals surface area (Å²) in [6.07, 6.45) is 2.35. The van der Waals surface area contributed by atoms with Gasteiger partial charge in [-0.05, 0) is 34.8 Å². The first-order valence-electron chi connectivity index (χ1n) is 5.77. The van der Waals surface area contributed by atoms with Gasteiger partial charge in [0.1, 0.15) is 12.4 Å². The highest BCUT2D eigenvalue weighted by Crippen LogP contribution is 2.27. The number of rotatable bonds is 3. The molecule has 17 heavy (non-hydrogen) atoms. The molecule has 0 spiro atoms. The van der Waals surface area contributed by atoms with E-state index in [1.807, 2.05) is 0 Å². The number of carbonyl (C=O) groups is 1. The molecule has 0 heterocycles. The van der Waals surface area contributed by atoms with E-state index in [2.05, 4.69) is 47.1 Å². The second-order valence-corrected chi connectivity index (χ2v) is 5.08. The molecule has 3 heteroatoms. The molecule has 0 aliphatic heterocycles. The zero-order valence-electron chi connectivity index (χ0n) is 9.83. The predicted octanol–water partition coefficient (Wildman–Crippen LogP) is 3.87. The maximum atomic E-state index is 11.5. The Kier molecular flexibility index (Phi) is 4.00. The van der Waals surface area contributed by atoms with Crippen LogP contribution in [0.1, 0.15) is 30.4 Å². The van der Waals surface area contributed by atoms with Gasteiger partial charge in [-0.2, -0.15) is 0 Å². The standard InChI is InChI=1S/C14H15BrO2/c1-10-5-7-11(8-6-10)9-17-13-4-2-3-12(16)14(13)15/h5-8H,2-4,9H2,1H3. The molecule has 1 aromatic rings. The minimum atomic E-state index is 0.148. The lowest BCUT2D eigenvalue weighted by Crippen LogP contribution is -2.09. The van der Waals surface area contributed by atoms with Crippen LogP contribution in [0, 0.1) is 6.92 Å². The van der Waals surface area contributed by atoms with Crippen LogP contribution in [0.3, 0.4) is 0 Å². The summed E-state index contributed by atoms with van der Waals surface area (Å²) in [4.78, 5) is 11.5. The SMILES string of the molecule is Cc1ccc(COC2=C(Br)C(=O)CCC2)cc1. The van der Waals surface area contributed by atoms with Gasteiger partial charge < -0.3 is 4.74 Å². The molecule has 90 valence electrons. The highest BCUT2D eigenvalue weighted by atomic mass is 79.9. The molecule has 0 unspecified atom stereocenters. The number of hydrogen-bond donors (Lipinski definition) is 0. The van der Waals surface area contributed by atoms with Crippen LogP contribution in [0.4, 0.5) is 0 Å². The number of halogens is 1. The Morgan fingerprint density at radius 2 is 1.94 bits per heavy atom. The van der Waals surface area contributed by atoms with Gasteiger partial charge in [-0.15, -0.1) is 0 Å². The van der Waals surface area contributed by atoms with Gasteiger partial charge in [0.25, 0.3) is 0 Å². The minimum absolute atomic E-state index is 0.148. The van der Waals surface area contributed by atoms with Gasteiger partial charge in [0, 0.05) is 12.8 Å². The molecule has 0 amide bonds. The minimum Gasteiger partial charge on any atom is -0.492 e. The number of allylic oxidation sites excluding steroid dienone is 2. The first-order valence-corrected chi connectivity index (χ1v) is 6.56. The molecular weight excluding hydrogens is 280 g/mol. The smallest absolute Gasteiger partial charge is 0.173 e. The van der Waals surface area contributed by atoms with Crippen molar-refractivity contribution in [2.75, 3.05) is 0 Å². The Balaban J connectivity index is 2.00. The normalized spacial score (nSPS) is 16.2. The number of ether oxygens (including phenoxy) is 1. The first kappa shape index (κ1) is 12.4. The van der Waals surface area contributed by atoms with E-state index in [1.165, 1.54) is 5.56 Å². The lowest BCUT2D eigenvalue weighted by Gasteiger charge is -2.16. The highest BCUT2D eigenvalue weighted by molar-refractivity contribution is 9.12. The zero-order chi connectivity index (χ0) is 12.3. The molecule has 0 saturated heterocycles. The van der Waals surface area contributed by atoms with E-state index in [0.29, 0.717) is 17.5 Å². The summed E-state index contributed by atoms with van der Waals surface area (Å²) >= 11 is 3.31. The molecular formula is C14H15BrO2. The van der Waals surface area contributed by atoms with E-state index < -0.39 is 0 Å². The Labute approximate surface area is 110 Å². The second kappa shape index (κ2) is 5.50. The Morgan fingerprint density at radius 3 is 2.65 bits per heavy atom. The molecule has 0 N–H and O–H groups in total. The summed E-state index contributed by atoms with van der Waals surface area (Å²) in [6.45, 7) is 2.58. The monoisotopic (exact) mass is 294 g/mol. The van der Waals surface area contributed by atoms with E-state index in [4.69, 9.17) is 4.74 Å². The average molecular weight is 295 g/mol. The molecule has 0 aromatic heterocycles. The van der Waals surface area contributed by atoms with E-state index in [1.54, 1.807) is 0 Å². The Hall–Kier alpha value is -1.09. The molecule has 1 aliphatic rings. The van der Waals surface area contributed by atoms with Crippen molar-refractivity contribution in [3.8, 4) is 0 Å². The third-order valence-electron chi connectivity index (χ3n) is 2.83. The number of aryl methyl sites for hydroxylation is 1. The predicted molar refractivity (Wildman–Crippen MR) is 70.8 cm³/mol. The molecule has 2 rings (SSSR count). The number of carbonyl (C=O) groups excluding carboxylic acids is 1. The van der Waals surface area contributed by atoms with Crippen molar-refractivity contribution in [3.05, 3.63) is 45.6 Å². The van der Waals surface area contributed by atoms with Crippen molar-refractivity contribution in [1.82, 2.24) is 0 Å². The van der Waals surface area contributed by atoms with Crippen molar-refractivity contribution in [3.63, 3.8) is 0 Å². The van der Waals surface area contributed by atoms with Gasteiger partial charge in [0.05, 0.1) is 4.48 Å². The topological polar surface area (TPSA) is 26.3 Å². The van der Waals surface area contributed by atoms with Crippen molar-refractivity contribution in [1.29, 1.82) is 0 Å². The fourth-order valence-electron chi connectivity index (χ4n) is 1.77. The highest BCUT2D eigenvalue weighted by Gasteiger charge is 2.19. The van der Waals surface area contributed by atoms with Crippen LogP contribution in [0.15, 0.2) is 34.5 Å². The van der Waals surface area contributed by atoms with Crippen LogP contribution in [-0.2, 0) is 16.1 Å². The summed E-state index contributed by atoms with van der Waals surface area (Å²) in [5, 5.41) is 0. The summed E-state index contributed by atoms with van der Waals surface area (Å²) < 4.78 is 6.32. The summed E-state index contributed by atoms with van der Waals surface area (Å²) in [5.41, 5.74) is 2.36. The number of benzene rings is 1. The molecule has 1 aliphatic carbocycles. The number of ketones is 1. The summed E-state index contributed by atoms with van der Waals surface area (Å²) in [7, 11) is 0. The van der Waals surface area contributed by atoms with Crippen molar-refractivity contribution >= 4 is 21.7 Å². The first-order chi connectivity index (χ1) is 8.16. The van der Waals surface area contributed by atoms with Crippen LogP contribution in [0.25, 0.3) is 0 Å². The molecule has 0 radical (unpaired) electrons. The van der Waals surface area contributed by atoms with Gasteiger partial charge in [0.2, 0.25) is 0 Å². The number of hydrogen-bond acceptors (Lipinski definition) is 2. The lowest BCUT2D eigenvalue weighted by molar-refractivity contribution is -0.115. The maximum Gasteiger partial charge on any atom is 0.173 e. The van der Waals surface area contributed by atoms with Crippen LogP contribution in [0.2, 0.25) is 0 Å². The van der Waals surface area contributed by atoms with Crippen LogP contribution >= 0.6 is 15.9 Å². The second-order valence-electron chi connectivity index (χ2n) is 4.29. The van der Waals surface area contributed by atoms with Crippen LogP contribution in [-0.4, -0.2) is 5.78 Å². The number of Topliss-reactive ketones (excluding diaryl/α,β-unsaturated/α-hetero) is 1. The van der Waals surface area contributed by atoms with E-state index in [-0.39, 0.29) is 5.78 Å². The summed E-state index contributed by atoms with van der Waals surface area (Å²) in [5.74, 6) is 0.942. The largest absolute Gasteiger partial charge is 0.492 e. The van der Waals surface area contributed by atoms with Crippen molar-refractivity contribution in [2.24, 2.45) is 0 Å². The van der Waals surface area contributed by atoms with Gasteiger partial charge in [-0.25, -0.2) is 0 Å².